The van der Waals surface area contributed by atoms with Gasteiger partial charge in [-0.25, -0.2) is 9.78 Å². The van der Waals surface area contributed by atoms with Gasteiger partial charge >= 0.3 is 6.09 Å². The first-order chi connectivity index (χ1) is 14.8. The quantitative estimate of drug-likeness (QED) is 0.553. The lowest BCUT2D eigenvalue weighted by molar-refractivity contribution is -0.122. The Balaban J connectivity index is 1.81. The van der Waals surface area contributed by atoms with Crippen molar-refractivity contribution < 1.29 is 19.1 Å². The molecule has 1 aliphatic rings. The van der Waals surface area contributed by atoms with Gasteiger partial charge in [-0.2, -0.15) is 0 Å². The number of hydrogen-bond acceptors (Lipinski definition) is 4. The molecule has 0 bridgehead atoms. The second kappa shape index (κ2) is 9.15. The number of rotatable bonds is 6. The Kier molecular flexibility index (Phi) is 7.07. The third-order valence-corrected chi connectivity index (χ3v) is 11.9. The highest BCUT2D eigenvalue weighted by Gasteiger charge is 2.44. The lowest BCUT2D eigenvalue weighted by Gasteiger charge is -2.45. The van der Waals surface area contributed by atoms with Crippen LogP contribution in [0.1, 0.15) is 45.6 Å². The summed E-state index contributed by atoms with van der Waals surface area (Å²) in [6.07, 6.45) is 2.00. The standard InChI is InChI=1S/C23H34ClN3O4Si/c1-15-17(24)9-10-18-21(15)25-14-26(18)13-16(28)12-19-20(8-7-11-27(19)22(29)30)31-32(5,6)23(2,3)4/h9-10,14,19-20H,7-8,11-13H2,1-6H3,(H,29,30)/t19-,20+/m1/s1. The second-order valence-electron chi connectivity index (χ2n) is 10.3. The monoisotopic (exact) mass is 479 g/mol. The largest absolute Gasteiger partial charge is 0.465 e. The number of aryl methyl sites for hydroxylation is 1. The predicted molar refractivity (Wildman–Crippen MR) is 129 cm³/mol. The van der Waals surface area contributed by atoms with E-state index in [0.717, 1.165) is 29.4 Å². The molecule has 176 valence electrons. The number of amides is 1. The highest BCUT2D eigenvalue weighted by Crippen LogP contribution is 2.39. The molecule has 3 rings (SSSR count). The smallest absolute Gasteiger partial charge is 0.407 e. The first-order valence-electron chi connectivity index (χ1n) is 11.1. The number of carboxylic acid groups (broad SMARTS) is 1. The molecule has 1 aliphatic heterocycles. The number of piperidine rings is 1. The first-order valence-corrected chi connectivity index (χ1v) is 14.4. The Bertz CT molecular complexity index is 1010. The van der Waals surface area contributed by atoms with E-state index in [1.165, 1.54) is 4.90 Å². The number of halogens is 1. The molecule has 1 aromatic carbocycles. The third kappa shape index (κ3) is 5.02. The van der Waals surface area contributed by atoms with Crippen LogP contribution in [0.5, 0.6) is 0 Å². The first kappa shape index (κ1) is 24.7. The highest BCUT2D eigenvalue weighted by molar-refractivity contribution is 6.74. The molecule has 7 nitrogen and oxygen atoms in total. The van der Waals surface area contributed by atoms with Crippen molar-refractivity contribution >= 4 is 42.8 Å². The third-order valence-electron chi connectivity index (χ3n) is 6.98. The summed E-state index contributed by atoms with van der Waals surface area (Å²) in [6.45, 7) is 13.3. The van der Waals surface area contributed by atoms with Crippen LogP contribution in [-0.4, -0.2) is 58.4 Å². The molecule has 0 spiro atoms. The maximum Gasteiger partial charge on any atom is 0.407 e. The van der Waals surface area contributed by atoms with E-state index in [9.17, 15) is 14.7 Å². The number of imidazole rings is 1. The summed E-state index contributed by atoms with van der Waals surface area (Å²) in [6, 6.07) is 3.19. The fourth-order valence-corrected chi connectivity index (χ4v) is 5.59. The number of benzene rings is 1. The fourth-order valence-electron chi connectivity index (χ4n) is 4.05. The summed E-state index contributed by atoms with van der Waals surface area (Å²) >= 11 is 6.19. The van der Waals surface area contributed by atoms with E-state index >= 15 is 0 Å². The Morgan fingerprint density at radius 3 is 2.62 bits per heavy atom. The van der Waals surface area contributed by atoms with Gasteiger partial charge in [0.1, 0.15) is 0 Å². The summed E-state index contributed by atoms with van der Waals surface area (Å²) in [5, 5.41) is 10.4. The molecule has 1 N–H and O–H groups in total. The van der Waals surface area contributed by atoms with E-state index in [2.05, 4.69) is 38.8 Å². The van der Waals surface area contributed by atoms with Crippen molar-refractivity contribution in [1.29, 1.82) is 0 Å². The van der Waals surface area contributed by atoms with E-state index in [1.54, 1.807) is 17.0 Å². The molecule has 2 aromatic rings. The van der Waals surface area contributed by atoms with Crippen molar-refractivity contribution in [3.05, 3.63) is 29.0 Å². The van der Waals surface area contributed by atoms with Crippen LogP contribution < -0.4 is 0 Å². The Morgan fingerprint density at radius 1 is 1.31 bits per heavy atom. The van der Waals surface area contributed by atoms with Gasteiger partial charge in [0, 0.05) is 18.0 Å². The van der Waals surface area contributed by atoms with Crippen molar-refractivity contribution in [3.8, 4) is 0 Å². The number of Topliss-reactive ketones (excluding diaryl/α,β-unsaturated/α-hetero) is 1. The van der Waals surface area contributed by atoms with Crippen LogP contribution in [0.2, 0.25) is 23.2 Å². The zero-order chi connectivity index (χ0) is 23.8. The Morgan fingerprint density at radius 2 is 2.00 bits per heavy atom. The molecule has 0 aliphatic carbocycles. The van der Waals surface area contributed by atoms with Crippen molar-refractivity contribution in [3.63, 3.8) is 0 Å². The summed E-state index contributed by atoms with van der Waals surface area (Å²) in [5.41, 5.74) is 2.49. The molecule has 1 amide bonds. The summed E-state index contributed by atoms with van der Waals surface area (Å²) in [7, 11) is -2.12. The number of carbonyl (C=O) groups excluding carboxylic acids is 1. The van der Waals surface area contributed by atoms with E-state index in [0.29, 0.717) is 11.6 Å². The van der Waals surface area contributed by atoms with Gasteiger partial charge in [-0.3, -0.25) is 4.79 Å². The molecule has 2 atom stereocenters. The van der Waals surface area contributed by atoms with Crippen molar-refractivity contribution in [2.75, 3.05) is 6.54 Å². The van der Waals surface area contributed by atoms with Gasteiger partial charge in [-0.1, -0.05) is 32.4 Å². The van der Waals surface area contributed by atoms with Gasteiger partial charge in [-0.15, -0.1) is 0 Å². The summed E-state index contributed by atoms with van der Waals surface area (Å²) in [4.78, 5) is 30.9. The number of nitrogens with zero attached hydrogens (tertiary/aromatic N) is 3. The minimum atomic E-state index is -2.12. The molecule has 0 radical (unpaired) electrons. The molecular weight excluding hydrogens is 446 g/mol. The average molecular weight is 480 g/mol. The number of hydrogen-bond donors (Lipinski definition) is 1. The van der Waals surface area contributed by atoms with E-state index in [-0.39, 0.29) is 29.9 Å². The van der Waals surface area contributed by atoms with Crippen LogP contribution in [0.4, 0.5) is 4.79 Å². The van der Waals surface area contributed by atoms with Crippen LogP contribution in [-0.2, 0) is 15.8 Å². The molecule has 1 saturated heterocycles. The number of carbonyl (C=O) groups is 2. The van der Waals surface area contributed by atoms with Gasteiger partial charge in [-0.05, 0) is 55.6 Å². The Hall–Kier alpha value is -1.90. The number of fused-ring (bicyclic) bond motifs is 1. The normalized spacial score (nSPS) is 20.0. The second-order valence-corrected chi connectivity index (χ2v) is 15.4. The van der Waals surface area contributed by atoms with Gasteiger partial charge in [0.2, 0.25) is 0 Å². The Labute approximate surface area is 195 Å². The highest BCUT2D eigenvalue weighted by atomic mass is 35.5. The lowest BCUT2D eigenvalue weighted by atomic mass is 9.95. The lowest BCUT2D eigenvalue weighted by Crippen LogP contribution is -2.56. The van der Waals surface area contributed by atoms with E-state index in [1.807, 2.05) is 13.0 Å². The van der Waals surface area contributed by atoms with Gasteiger partial charge in [0.25, 0.3) is 0 Å². The van der Waals surface area contributed by atoms with Crippen LogP contribution in [0.25, 0.3) is 11.0 Å². The van der Waals surface area contributed by atoms with Crippen LogP contribution in [0.3, 0.4) is 0 Å². The minimum Gasteiger partial charge on any atom is -0.465 e. The maximum absolute atomic E-state index is 13.1. The van der Waals surface area contributed by atoms with Crippen LogP contribution in [0, 0.1) is 6.92 Å². The topological polar surface area (TPSA) is 84.7 Å². The zero-order valence-electron chi connectivity index (χ0n) is 19.8. The molecular formula is C23H34ClN3O4Si. The predicted octanol–water partition coefficient (Wildman–Crippen LogP) is 5.49. The fraction of sp³-hybridized carbons (Fsp3) is 0.609. The summed E-state index contributed by atoms with van der Waals surface area (Å²) < 4.78 is 8.42. The molecule has 1 aromatic heterocycles. The number of ketones is 1. The van der Waals surface area contributed by atoms with Gasteiger partial charge in [0.05, 0.1) is 36.1 Å². The van der Waals surface area contributed by atoms with Crippen LogP contribution in [0.15, 0.2) is 18.5 Å². The summed E-state index contributed by atoms with van der Waals surface area (Å²) in [5.74, 6) is -0.0427. The molecule has 0 unspecified atom stereocenters. The zero-order valence-corrected chi connectivity index (χ0v) is 21.6. The number of likely N-dealkylation sites (tertiary alicyclic amines) is 1. The maximum atomic E-state index is 13.1. The average Bonchev–Trinajstić information content (AvgIpc) is 3.08. The van der Waals surface area contributed by atoms with Crippen LogP contribution >= 0.6 is 11.6 Å². The van der Waals surface area contributed by atoms with Crippen molar-refractivity contribution in [2.24, 2.45) is 0 Å². The van der Waals surface area contributed by atoms with E-state index < -0.39 is 20.5 Å². The van der Waals surface area contributed by atoms with Gasteiger partial charge < -0.3 is 19.0 Å². The van der Waals surface area contributed by atoms with Crippen molar-refractivity contribution in [1.82, 2.24) is 14.5 Å². The molecule has 0 saturated carbocycles. The van der Waals surface area contributed by atoms with Gasteiger partial charge in [0.15, 0.2) is 14.1 Å². The molecule has 1 fully saturated rings. The molecule has 2 heterocycles. The minimum absolute atomic E-state index is 0.00190. The van der Waals surface area contributed by atoms with Crippen molar-refractivity contribution in [2.45, 2.75) is 83.8 Å². The molecule has 32 heavy (non-hydrogen) atoms. The van der Waals surface area contributed by atoms with E-state index in [4.69, 9.17) is 16.0 Å². The number of aromatic nitrogens is 2. The molecule has 9 heteroatoms. The SMILES string of the molecule is Cc1c(Cl)ccc2c1ncn2CC(=O)C[C@@H]1[C@@H](O[Si](C)(C)C(C)(C)C)CCCN1C(=O)O.